The van der Waals surface area contributed by atoms with Crippen molar-refractivity contribution in [3.63, 3.8) is 0 Å². The zero-order chi connectivity index (χ0) is 4.24. The molecule has 0 saturated carbocycles. The zero-order valence-electron chi connectivity index (χ0n) is 3.06. The van der Waals surface area contributed by atoms with Crippen LogP contribution in [0, 0.1) is 0 Å². The third kappa shape index (κ3) is 0.651. The van der Waals surface area contributed by atoms with Crippen LogP contribution >= 0.6 is 11.5 Å². The number of rotatable bonds is 0. The highest BCUT2D eigenvalue weighted by atomic mass is 32.1. The van der Waals surface area contributed by atoms with Gasteiger partial charge in [-0.05, 0) is 0 Å². The van der Waals surface area contributed by atoms with Gasteiger partial charge in [0.25, 0.3) is 0 Å². The summed E-state index contributed by atoms with van der Waals surface area (Å²) in [4.78, 5) is 0. The third-order valence-corrected chi connectivity index (χ3v) is 0.894. The summed E-state index contributed by atoms with van der Waals surface area (Å²) < 4.78 is 2.75. The van der Waals surface area contributed by atoms with Gasteiger partial charge >= 0.3 is 0 Å². The zero-order valence-corrected chi connectivity index (χ0v) is 3.88. The van der Waals surface area contributed by atoms with Crippen LogP contribution in [0.4, 0.5) is 0 Å². The van der Waals surface area contributed by atoms with Gasteiger partial charge in [0.05, 0.1) is 0 Å². The molecule has 1 aromatic rings. The molecule has 0 aromatic carbocycles. The maximum absolute atomic E-state index is 2.75. The molecule has 0 spiro atoms. The maximum atomic E-state index is 2.75. The van der Waals surface area contributed by atoms with E-state index in [1.54, 1.807) is 6.20 Å². The summed E-state index contributed by atoms with van der Waals surface area (Å²) in [5.41, 5.74) is 0. The Morgan fingerprint density at radius 1 is 1.50 bits per heavy atom. The van der Waals surface area contributed by atoms with Crippen molar-refractivity contribution in [3.8, 4) is 0 Å². The first kappa shape index (κ1) is 3.55. The van der Waals surface area contributed by atoms with Crippen LogP contribution in [-0.4, -0.2) is 14.8 Å². The minimum absolute atomic E-state index is 1.49. The van der Waals surface area contributed by atoms with Crippen LogP contribution in [0.2, 0.25) is 0 Å². The van der Waals surface area contributed by atoms with Crippen molar-refractivity contribution < 1.29 is 0 Å². The fourth-order valence-electron chi connectivity index (χ4n) is 0.203. The highest BCUT2D eigenvalue weighted by Crippen LogP contribution is 1.75. The largest absolute Gasteiger partial charge is 0.293 e. The molecule has 0 bridgehead atoms. The molecule has 1 aromatic heterocycles. The molecule has 0 fully saturated rings. The summed E-state index contributed by atoms with van der Waals surface area (Å²) in [6.07, 6.45) is 1.81. The number of hydrogen-bond donors (Lipinski definition) is 3. The molecular weight excluding hydrogens is 98.1 g/mol. The Morgan fingerprint density at radius 3 is 2.67 bits per heavy atom. The van der Waals surface area contributed by atoms with Crippen molar-refractivity contribution in [2.45, 2.75) is 0 Å². The Labute approximate surface area is 38.8 Å². The molecule has 1 rings (SSSR count). The van der Waals surface area contributed by atoms with Crippen LogP contribution in [-0.2, 0) is 0 Å². The highest BCUT2D eigenvalue weighted by Gasteiger charge is 1.53. The van der Waals surface area contributed by atoms with Gasteiger partial charge in [0, 0.05) is 11.6 Å². The number of aromatic nitrogens is 3. The van der Waals surface area contributed by atoms with Gasteiger partial charge in [-0.2, -0.15) is 0 Å². The summed E-state index contributed by atoms with van der Waals surface area (Å²) in [5.74, 6) is 0. The molecule has 1 heterocycles. The van der Waals surface area contributed by atoms with E-state index in [4.69, 9.17) is 0 Å². The molecule has 3 nitrogen and oxygen atoms in total. The lowest BCUT2D eigenvalue weighted by atomic mass is 11.0. The standard InChI is InChI=1S/C2H5N3S/c1-2-6-5-4-3-1/h1-5H. The highest BCUT2D eigenvalue weighted by molar-refractivity contribution is 7.03. The molecule has 0 unspecified atom stereocenters. The van der Waals surface area contributed by atoms with E-state index < -0.39 is 0 Å². The minimum Gasteiger partial charge on any atom is -0.293 e. The Hall–Kier alpha value is -0.640. The predicted molar refractivity (Wildman–Crippen MR) is 25.0 cm³/mol. The Morgan fingerprint density at radius 2 is 2.50 bits per heavy atom. The average molecular weight is 103 g/mol. The Balaban J connectivity index is 3.00. The second-order valence-corrected chi connectivity index (χ2v) is 1.50. The molecule has 0 aliphatic carbocycles. The smallest absolute Gasteiger partial charge is 0.0307 e. The molecule has 0 atom stereocenters. The molecule has 0 aliphatic heterocycles. The van der Waals surface area contributed by atoms with E-state index in [0.717, 1.165) is 0 Å². The van der Waals surface area contributed by atoms with Gasteiger partial charge < -0.3 is 0 Å². The first-order chi connectivity index (χ1) is 3.00. The monoisotopic (exact) mass is 103 g/mol. The fourth-order valence-corrected chi connectivity index (χ4v) is 0.525. The lowest BCUT2D eigenvalue weighted by molar-refractivity contribution is 0.921. The van der Waals surface area contributed by atoms with E-state index in [0.29, 0.717) is 0 Å². The molecule has 6 heavy (non-hydrogen) atoms. The van der Waals surface area contributed by atoms with Crippen molar-refractivity contribution >= 4 is 11.5 Å². The number of aromatic amines is 3. The summed E-state index contributed by atoms with van der Waals surface area (Å²) in [6, 6.07) is 0. The topological polar surface area (TPSA) is 47.4 Å². The molecule has 0 saturated heterocycles. The van der Waals surface area contributed by atoms with Gasteiger partial charge in [0.15, 0.2) is 0 Å². The lowest BCUT2D eigenvalue weighted by Gasteiger charge is -1.78. The molecule has 0 radical (unpaired) electrons. The summed E-state index contributed by atoms with van der Waals surface area (Å²) in [7, 11) is 0. The molecule has 4 heteroatoms. The fraction of sp³-hybridized carbons (Fsp3) is 0. The molecular formula is C2H5N3S. The van der Waals surface area contributed by atoms with E-state index >= 15 is 0 Å². The SMILES string of the molecule is c1cs[nH][nH][nH]1. The maximum Gasteiger partial charge on any atom is 0.0307 e. The Kier molecular flexibility index (Phi) is 1.01. The molecule has 34 valence electrons. The van der Waals surface area contributed by atoms with Crippen LogP contribution in [0.1, 0.15) is 0 Å². The van der Waals surface area contributed by atoms with Crippen molar-refractivity contribution in [2.24, 2.45) is 0 Å². The van der Waals surface area contributed by atoms with Crippen LogP contribution in [0.15, 0.2) is 11.6 Å². The number of hydrogen-bond acceptors (Lipinski definition) is 1. The van der Waals surface area contributed by atoms with Crippen molar-refractivity contribution in [1.82, 2.24) is 14.8 Å². The summed E-state index contributed by atoms with van der Waals surface area (Å²) in [6.45, 7) is 0. The van der Waals surface area contributed by atoms with Gasteiger partial charge in [-0.3, -0.25) is 5.10 Å². The lowest BCUT2D eigenvalue weighted by Crippen LogP contribution is -1.74. The van der Waals surface area contributed by atoms with Crippen molar-refractivity contribution in [3.05, 3.63) is 11.6 Å². The van der Waals surface area contributed by atoms with E-state index in [1.165, 1.54) is 11.5 Å². The van der Waals surface area contributed by atoms with Gasteiger partial charge in [0.2, 0.25) is 0 Å². The van der Waals surface area contributed by atoms with Crippen molar-refractivity contribution in [2.75, 3.05) is 0 Å². The molecule has 0 amide bonds. The van der Waals surface area contributed by atoms with E-state index in [2.05, 4.69) is 14.8 Å². The summed E-state index contributed by atoms with van der Waals surface area (Å²) >= 11 is 1.49. The first-order valence-corrected chi connectivity index (χ1v) is 2.44. The van der Waals surface area contributed by atoms with E-state index in [9.17, 15) is 0 Å². The normalized spacial score (nSPS) is 8.00. The van der Waals surface area contributed by atoms with E-state index in [1.807, 2.05) is 5.38 Å². The van der Waals surface area contributed by atoms with Gasteiger partial charge in [-0.1, -0.05) is 11.5 Å². The first-order valence-electron chi connectivity index (χ1n) is 1.56. The van der Waals surface area contributed by atoms with Gasteiger partial charge in [0.1, 0.15) is 0 Å². The van der Waals surface area contributed by atoms with E-state index in [-0.39, 0.29) is 0 Å². The van der Waals surface area contributed by atoms with Crippen LogP contribution in [0.5, 0.6) is 0 Å². The van der Waals surface area contributed by atoms with Crippen LogP contribution in [0.3, 0.4) is 0 Å². The number of nitrogens with one attached hydrogen (secondary N) is 3. The summed E-state index contributed by atoms with van der Waals surface area (Å²) in [5, 5.41) is 7.28. The minimum atomic E-state index is 1.49. The average Bonchev–Trinajstić information content (AvgIpc) is 1.72. The molecule has 0 aliphatic rings. The Bertz CT molecular complexity index is 80.7. The quantitative estimate of drug-likeness (QED) is 0.436. The number of H-pyrrole nitrogens is 3. The van der Waals surface area contributed by atoms with Gasteiger partial charge in [-0.15, -0.1) is 0 Å². The van der Waals surface area contributed by atoms with Crippen molar-refractivity contribution in [1.29, 1.82) is 0 Å². The third-order valence-electron chi connectivity index (χ3n) is 0.402. The van der Waals surface area contributed by atoms with Crippen LogP contribution in [0.25, 0.3) is 0 Å². The van der Waals surface area contributed by atoms with Crippen LogP contribution < -0.4 is 0 Å². The predicted octanol–water partition coefficient (Wildman–Crippen LogP) is 0.857. The van der Waals surface area contributed by atoms with Gasteiger partial charge in [-0.25, -0.2) is 9.70 Å². The second-order valence-electron chi connectivity index (χ2n) is 0.792. The molecule has 3 N–H and O–H groups in total. The second kappa shape index (κ2) is 1.71.